The summed E-state index contributed by atoms with van der Waals surface area (Å²) in [7, 11) is 0. The van der Waals surface area contributed by atoms with Crippen LogP contribution >= 0.6 is 0 Å². The summed E-state index contributed by atoms with van der Waals surface area (Å²) in [5.41, 5.74) is 6.96. The van der Waals surface area contributed by atoms with Gasteiger partial charge >= 0.3 is 0 Å². The highest BCUT2D eigenvalue weighted by Crippen LogP contribution is 2.55. The monoisotopic (exact) mass is 603 g/mol. The minimum absolute atomic E-state index is 0.311. The van der Waals surface area contributed by atoms with Crippen LogP contribution < -0.4 is 4.74 Å². The predicted octanol–water partition coefficient (Wildman–Crippen LogP) is 11.1. The Morgan fingerprint density at radius 3 is 2.11 bits per heavy atom. The normalized spacial score (nSPS) is 13.7. The van der Waals surface area contributed by atoms with E-state index in [1.165, 1.54) is 21.9 Å². The van der Waals surface area contributed by atoms with Crippen molar-refractivity contribution in [1.82, 2.24) is 14.5 Å². The zero-order valence-corrected chi connectivity index (χ0v) is 26.0. The first-order valence-corrected chi connectivity index (χ1v) is 16.1. The second-order valence-electron chi connectivity index (χ2n) is 13.0. The fraction of sp³-hybridized carbons (Fsp3) is 0.0698. The number of aromatic nitrogens is 3. The average molecular weight is 604 g/mol. The van der Waals surface area contributed by atoms with E-state index < -0.39 is 0 Å². The van der Waals surface area contributed by atoms with E-state index in [4.69, 9.17) is 14.7 Å². The molecule has 222 valence electrons. The highest BCUT2D eigenvalue weighted by molar-refractivity contribution is 6.24. The molecule has 4 heteroatoms. The molecular formula is C43H29N3O. The van der Waals surface area contributed by atoms with E-state index in [2.05, 4.69) is 152 Å². The van der Waals surface area contributed by atoms with Gasteiger partial charge in [0.2, 0.25) is 5.95 Å². The van der Waals surface area contributed by atoms with Crippen LogP contribution in [-0.2, 0) is 5.41 Å². The third-order valence-corrected chi connectivity index (χ3v) is 10.0. The number of rotatable bonds is 2. The molecule has 0 unspecified atom stereocenters. The molecule has 0 atom stereocenters. The molecule has 9 aromatic rings. The third-order valence-electron chi connectivity index (χ3n) is 10.0. The largest absolute Gasteiger partial charge is 0.454 e. The van der Waals surface area contributed by atoms with Gasteiger partial charge in [-0.3, -0.25) is 4.57 Å². The molecule has 47 heavy (non-hydrogen) atoms. The number of hydrogen-bond acceptors (Lipinski definition) is 3. The lowest BCUT2D eigenvalue weighted by Crippen LogP contribution is -2.25. The molecule has 1 aliphatic rings. The molecule has 0 fully saturated rings. The molecule has 0 spiro atoms. The molecular weight excluding hydrogens is 574 g/mol. The van der Waals surface area contributed by atoms with Crippen molar-refractivity contribution in [2.24, 2.45) is 0 Å². The summed E-state index contributed by atoms with van der Waals surface area (Å²) in [6.45, 7) is 4.62. The summed E-state index contributed by atoms with van der Waals surface area (Å²) in [6, 6.07) is 49.0. The van der Waals surface area contributed by atoms with E-state index in [1.54, 1.807) is 0 Å². The Morgan fingerprint density at radius 1 is 0.574 bits per heavy atom. The number of hydrogen-bond donors (Lipinski definition) is 0. The van der Waals surface area contributed by atoms with Crippen molar-refractivity contribution in [3.05, 3.63) is 151 Å². The van der Waals surface area contributed by atoms with E-state index in [9.17, 15) is 0 Å². The fourth-order valence-corrected chi connectivity index (χ4v) is 7.90. The predicted molar refractivity (Wildman–Crippen MR) is 193 cm³/mol. The molecule has 10 rings (SSSR count). The van der Waals surface area contributed by atoms with Gasteiger partial charge in [-0.2, -0.15) is 0 Å². The quantitative estimate of drug-likeness (QED) is 0.185. The zero-order valence-electron chi connectivity index (χ0n) is 26.0. The van der Waals surface area contributed by atoms with Crippen molar-refractivity contribution in [2.75, 3.05) is 0 Å². The molecule has 7 aromatic carbocycles. The second kappa shape index (κ2) is 9.51. The molecule has 4 nitrogen and oxygen atoms in total. The Hall–Kier alpha value is -6.00. The fourth-order valence-electron chi connectivity index (χ4n) is 7.90. The van der Waals surface area contributed by atoms with E-state index >= 15 is 0 Å². The molecule has 0 aliphatic carbocycles. The Bertz CT molecular complexity index is 2740. The Labute approximate surface area is 271 Å². The van der Waals surface area contributed by atoms with Crippen LogP contribution in [0.1, 0.15) is 25.0 Å². The maximum atomic E-state index is 7.02. The van der Waals surface area contributed by atoms with Crippen LogP contribution in [0.25, 0.3) is 71.5 Å². The van der Waals surface area contributed by atoms with Gasteiger partial charge in [0.1, 0.15) is 11.3 Å². The lowest BCUT2D eigenvalue weighted by Gasteiger charge is -2.36. The van der Waals surface area contributed by atoms with Gasteiger partial charge in [0.25, 0.3) is 0 Å². The maximum Gasteiger partial charge on any atom is 0.235 e. The van der Waals surface area contributed by atoms with Crippen molar-refractivity contribution < 1.29 is 4.74 Å². The smallest absolute Gasteiger partial charge is 0.235 e. The Kier molecular flexibility index (Phi) is 5.31. The van der Waals surface area contributed by atoms with E-state index in [0.717, 1.165) is 66.2 Å². The first kappa shape index (κ1) is 26.2. The van der Waals surface area contributed by atoms with Gasteiger partial charge in [0, 0.05) is 43.7 Å². The van der Waals surface area contributed by atoms with Crippen molar-refractivity contribution >= 4 is 54.3 Å². The summed E-state index contributed by atoms with van der Waals surface area (Å²) in [5.74, 6) is 2.37. The van der Waals surface area contributed by atoms with Gasteiger partial charge in [-0.1, -0.05) is 135 Å². The first-order chi connectivity index (χ1) is 23.1. The lowest BCUT2D eigenvalue weighted by molar-refractivity contribution is 0.424. The van der Waals surface area contributed by atoms with Crippen LogP contribution in [0.3, 0.4) is 0 Å². The van der Waals surface area contributed by atoms with Crippen LogP contribution in [0.5, 0.6) is 11.5 Å². The maximum absolute atomic E-state index is 7.02. The van der Waals surface area contributed by atoms with Gasteiger partial charge in [0.05, 0.1) is 16.7 Å². The van der Waals surface area contributed by atoms with E-state index in [0.29, 0.717) is 5.95 Å². The van der Waals surface area contributed by atoms with Crippen molar-refractivity contribution in [3.63, 3.8) is 0 Å². The number of nitrogens with zero attached hydrogens (tertiary/aromatic N) is 3. The Balaban J connectivity index is 1.43. The third kappa shape index (κ3) is 3.58. The highest BCUT2D eigenvalue weighted by Gasteiger charge is 2.38. The summed E-state index contributed by atoms with van der Waals surface area (Å²) in [4.78, 5) is 10.9. The summed E-state index contributed by atoms with van der Waals surface area (Å²) >= 11 is 0. The molecule has 0 saturated heterocycles. The van der Waals surface area contributed by atoms with Crippen LogP contribution in [0, 0.1) is 0 Å². The van der Waals surface area contributed by atoms with Gasteiger partial charge in [-0.05, 0) is 34.4 Å². The number of benzene rings is 7. The van der Waals surface area contributed by atoms with Gasteiger partial charge < -0.3 is 4.74 Å². The van der Waals surface area contributed by atoms with Crippen molar-refractivity contribution in [2.45, 2.75) is 19.3 Å². The first-order valence-electron chi connectivity index (χ1n) is 16.1. The van der Waals surface area contributed by atoms with Gasteiger partial charge in [0.15, 0.2) is 5.75 Å². The van der Waals surface area contributed by atoms with Crippen molar-refractivity contribution in [1.29, 1.82) is 0 Å². The molecule has 0 saturated carbocycles. The minimum atomic E-state index is -0.311. The number of ether oxygens (including phenoxy) is 1. The van der Waals surface area contributed by atoms with E-state index in [-0.39, 0.29) is 5.41 Å². The minimum Gasteiger partial charge on any atom is -0.454 e. The highest BCUT2D eigenvalue weighted by atomic mass is 16.5. The van der Waals surface area contributed by atoms with Crippen LogP contribution in [0.2, 0.25) is 0 Å². The number of para-hydroxylation sites is 2. The van der Waals surface area contributed by atoms with E-state index in [1.807, 2.05) is 6.07 Å². The zero-order chi connectivity index (χ0) is 31.3. The molecule has 2 aromatic heterocycles. The topological polar surface area (TPSA) is 39.9 Å². The van der Waals surface area contributed by atoms with Crippen LogP contribution in [-0.4, -0.2) is 14.5 Å². The second-order valence-corrected chi connectivity index (χ2v) is 13.0. The Morgan fingerprint density at radius 2 is 1.26 bits per heavy atom. The number of fused-ring (bicyclic) bond motifs is 12. The molecule has 0 N–H and O–H groups in total. The van der Waals surface area contributed by atoms with Gasteiger partial charge in [-0.25, -0.2) is 9.97 Å². The van der Waals surface area contributed by atoms with Crippen LogP contribution in [0.15, 0.2) is 140 Å². The lowest BCUT2D eigenvalue weighted by atomic mass is 9.73. The molecule has 3 heterocycles. The summed E-state index contributed by atoms with van der Waals surface area (Å²) in [5, 5.41) is 7.96. The van der Waals surface area contributed by atoms with Gasteiger partial charge in [-0.15, -0.1) is 0 Å². The summed E-state index contributed by atoms with van der Waals surface area (Å²) in [6.07, 6.45) is 0. The SMILES string of the molecule is CC1(C)c2ccccc2Oc2c1c1ccccc1c1c3ccccc3n(-c3nc(-c4ccccc4)c4ccc5ccccc5c4n3)c21. The summed E-state index contributed by atoms with van der Waals surface area (Å²) < 4.78 is 9.27. The standard InChI is InChI=1S/C43H29N3O/c1-43(2)33-21-11-13-23-35(33)47-41-37(43)30-19-9-8-18-29(30)36-31-20-10-12-22-34(31)46(40(36)41)42-44-38(27-15-4-3-5-16-27)32-25-24-26-14-6-7-17-28(26)39(32)45-42/h3-25H,1-2H3. The van der Waals surface area contributed by atoms with Crippen molar-refractivity contribution in [3.8, 4) is 28.7 Å². The molecule has 1 aliphatic heterocycles. The average Bonchev–Trinajstić information content (AvgIpc) is 3.47. The molecule has 0 radical (unpaired) electrons. The van der Waals surface area contributed by atoms with Crippen LogP contribution in [0.4, 0.5) is 0 Å². The molecule has 0 amide bonds. The molecule has 0 bridgehead atoms.